The predicted octanol–water partition coefficient (Wildman–Crippen LogP) is 1.52. The van der Waals surface area contributed by atoms with Crippen LogP contribution in [0.25, 0.3) is 11.2 Å². The number of H-pyrrole nitrogens is 1. The van der Waals surface area contributed by atoms with E-state index in [4.69, 9.17) is 0 Å². The van der Waals surface area contributed by atoms with Gasteiger partial charge in [-0.3, -0.25) is 4.98 Å². The van der Waals surface area contributed by atoms with E-state index < -0.39 is 0 Å². The van der Waals surface area contributed by atoms with E-state index in [0.29, 0.717) is 0 Å². The Labute approximate surface area is 64.5 Å². The standard InChI is InChI=1S/C8H9N3/c1-2-6-5-10-7-3-4-9-8(7)11-6/h3-5H,2H2,1H3,(H,9,11). The Balaban J connectivity index is 2.67. The molecule has 1 N–H and O–H groups in total. The van der Waals surface area contributed by atoms with Crippen LogP contribution >= 0.6 is 0 Å². The predicted molar refractivity (Wildman–Crippen MR) is 43.3 cm³/mol. The largest absolute Gasteiger partial charge is 0.345 e. The minimum absolute atomic E-state index is 0.879. The maximum absolute atomic E-state index is 4.34. The van der Waals surface area contributed by atoms with Gasteiger partial charge in [0.15, 0.2) is 5.65 Å². The van der Waals surface area contributed by atoms with Crippen LogP contribution in [0.15, 0.2) is 18.5 Å². The molecule has 56 valence electrons. The van der Waals surface area contributed by atoms with Crippen LogP contribution in [0.1, 0.15) is 12.6 Å². The summed E-state index contributed by atoms with van der Waals surface area (Å²) in [6, 6.07) is 1.92. The van der Waals surface area contributed by atoms with Gasteiger partial charge in [-0.1, -0.05) is 6.92 Å². The highest BCUT2D eigenvalue weighted by molar-refractivity contribution is 5.69. The van der Waals surface area contributed by atoms with Gasteiger partial charge in [-0.15, -0.1) is 0 Å². The number of aryl methyl sites for hydroxylation is 1. The highest BCUT2D eigenvalue weighted by atomic mass is 14.9. The van der Waals surface area contributed by atoms with Gasteiger partial charge in [-0.05, 0) is 12.5 Å². The maximum atomic E-state index is 4.34. The third kappa shape index (κ3) is 0.981. The molecule has 0 aliphatic heterocycles. The van der Waals surface area contributed by atoms with Gasteiger partial charge >= 0.3 is 0 Å². The molecule has 0 spiro atoms. The van der Waals surface area contributed by atoms with E-state index in [1.165, 1.54) is 0 Å². The normalized spacial score (nSPS) is 10.6. The summed E-state index contributed by atoms with van der Waals surface area (Å²) in [7, 11) is 0. The molecule has 2 rings (SSSR count). The van der Waals surface area contributed by atoms with Crippen LogP contribution in [0.5, 0.6) is 0 Å². The average molecular weight is 147 g/mol. The zero-order valence-corrected chi connectivity index (χ0v) is 6.33. The quantitative estimate of drug-likeness (QED) is 0.664. The number of hydrogen-bond acceptors (Lipinski definition) is 2. The van der Waals surface area contributed by atoms with Gasteiger partial charge in [0.2, 0.25) is 0 Å². The van der Waals surface area contributed by atoms with Crippen LogP contribution in [-0.4, -0.2) is 15.0 Å². The molecule has 0 aliphatic rings. The van der Waals surface area contributed by atoms with Gasteiger partial charge in [0.05, 0.1) is 5.69 Å². The minimum atomic E-state index is 0.879. The molecule has 0 atom stereocenters. The summed E-state index contributed by atoms with van der Waals surface area (Å²) in [4.78, 5) is 11.6. The SMILES string of the molecule is CCc1cnc2cc[nH]c2n1. The van der Waals surface area contributed by atoms with Crippen LogP contribution in [0.3, 0.4) is 0 Å². The van der Waals surface area contributed by atoms with Crippen molar-refractivity contribution in [1.29, 1.82) is 0 Å². The second-order valence-electron chi connectivity index (χ2n) is 2.43. The molecule has 0 saturated carbocycles. The van der Waals surface area contributed by atoms with Crippen LogP contribution in [0, 0.1) is 0 Å². The van der Waals surface area contributed by atoms with Crippen molar-refractivity contribution in [2.75, 3.05) is 0 Å². The molecule has 0 saturated heterocycles. The van der Waals surface area contributed by atoms with Crippen LogP contribution in [0.4, 0.5) is 0 Å². The fourth-order valence-electron chi connectivity index (χ4n) is 1.03. The first-order chi connectivity index (χ1) is 5.40. The number of fused-ring (bicyclic) bond motifs is 1. The van der Waals surface area contributed by atoms with Crippen molar-refractivity contribution in [1.82, 2.24) is 15.0 Å². The van der Waals surface area contributed by atoms with Crippen molar-refractivity contribution < 1.29 is 0 Å². The topological polar surface area (TPSA) is 41.6 Å². The molecular weight excluding hydrogens is 138 g/mol. The number of rotatable bonds is 1. The zero-order valence-electron chi connectivity index (χ0n) is 6.33. The van der Waals surface area contributed by atoms with Crippen molar-refractivity contribution in [3.05, 3.63) is 24.2 Å². The highest BCUT2D eigenvalue weighted by Crippen LogP contribution is 2.06. The zero-order chi connectivity index (χ0) is 7.68. The Bertz CT molecular complexity index is 364. The molecule has 2 aromatic rings. The van der Waals surface area contributed by atoms with Crippen molar-refractivity contribution in [2.45, 2.75) is 13.3 Å². The number of aromatic nitrogens is 3. The monoisotopic (exact) mass is 147 g/mol. The van der Waals surface area contributed by atoms with E-state index in [0.717, 1.165) is 23.3 Å². The molecule has 0 unspecified atom stereocenters. The summed E-state index contributed by atoms with van der Waals surface area (Å²) in [5, 5.41) is 0. The van der Waals surface area contributed by atoms with Gasteiger partial charge in [-0.25, -0.2) is 4.98 Å². The molecule has 0 amide bonds. The first kappa shape index (κ1) is 6.34. The van der Waals surface area contributed by atoms with Crippen LogP contribution in [-0.2, 0) is 6.42 Å². The van der Waals surface area contributed by atoms with Gasteiger partial charge in [0, 0.05) is 12.4 Å². The molecule has 2 heterocycles. The average Bonchev–Trinajstić information content (AvgIpc) is 2.50. The van der Waals surface area contributed by atoms with E-state index in [1.54, 1.807) is 0 Å². The van der Waals surface area contributed by atoms with Crippen molar-refractivity contribution in [2.24, 2.45) is 0 Å². The lowest BCUT2D eigenvalue weighted by molar-refractivity contribution is 1.02. The molecule has 0 radical (unpaired) electrons. The van der Waals surface area contributed by atoms with Gasteiger partial charge in [-0.2, -0.15) is 0 Å². The fourth-order valence-corrected chi connectivity index (χ4v) is 1.03. The number of nitrogens with zero attached hydrogens (tertiary/aromatic N) is 2. The minimum Gasteiger partial charge on any atom is -0.345 e. The lowest BCUT2D eigenvalue weighted by Crippen LogP contribution is -1.88. The van der Waals surface area contributed by atoms with Crippen LogP contribution < -0.4 is 0 Å². The number of hydrogen-bond donors (Lipinski definition) is 1. The fraction of sp³-hybridized carbons (Fsp3) is 0.250. The summed E-state index contributed by atoms with van der Waals surface area (Å²) in [5.74, 6) is 0. The molecule has 11 heavy (non-hydrogen) atoms. The van der Waals surface area contributed by atoms with Crippen molar-refractivity contribution >= 4 is 11.2 Å². The number of aromatic amines is 1. The molecule has 0 aliphatic carbocycles. The Morgan fingerprint density at radius 1 is 1.55 bits per heavy atom. The molecule has 3 heteroatoms. The second kappa shape index (κ2) is 2.34. The summed E-state index contributed by atoms with van der Waals surface area (Å²) in [6.07, 6.45) is 4.60. The third-order valence-corrected chi connectivity index (χ3v) is 1.67. The van der Waals surface area contributed by atoms with Gasteiger partial charge in [0.1, 0.15) is 5.52 Å². The lowest BCUT2D eigenvalue weighted by atomic mass is 10.3. The maximum Gasteiger partial charge on any atom is 0.156 e. The summed E-state index contributed by atoms with van der Waals surface area (Å²) < 4.78 is 0. The Hall–Kier alpha value is -1.38. The smallest absolute Gasteiger partial charge is 0.156 e. The molecule has 3 nitrogen and oxygen atoms in total. The second-order valence-corrected chi connectivity index (χ2v) is 2.43. The highest BCUT2D eigenvalue weighted by Gasteiger charge is 1.96. The first-order valence-corrected chi connectivity index (χ1v) is 3.69. The van der Waals surface area contributed by atoms with E-state index >= 15 is 0 Å². The van der Waals surface area contributed by atoms with E-state index in [9.17, 15) is 0 Å². The summed E-state index contributed by atoms with van der Waals surface area (Å²) in [6.45, 7) is 2.07. The molecule has 0 aromatic carbocycles. The Morgan fingerprint density at radius 2 is 2.45 bits per heavy atom. The lowest BCUT2D eigenvalue weighted by Gasteiger charge is -1.93. The molecule has 0 bridgehead atoms. The molecular formula is C8H9N3. The van der Waals surface area contributed by atoms with E-state index in [1.807, 2.05) is 18.5 Å². The molecule has 2 aromatic heterocycles. The first-order valence-electron chi connectivity index (χ1n) is 3.69. The Kier molecular flexibility index (Phi) is 1.35. The van der Waals surface area contributed by atoms with Gasteiger partial charge < -0.3 is 4.98 Å². The van der Waals surface area contributed by atoms with E-state index in [2.05, 4.69) is 21.9 Å². The molecule has 0 fully saturated rings. The van der Waals surface area contributed by atoms with Crippen molar-refractivity contribution in [3.63, 3.8) is 0 Å². The summed E-state index contributed by atoms with van der Waals surface area (Å²) >= 11 is 0. The van der Waals surface area contributed by atoms with E-state index in [-0.39, 0.29) is 0 Å². The van der Waals surface area contributed by atoms with Gasteiger partial charge in [0.25, 0.3) is 0 Å². The Morgan fingerprint density at radius 3 is 3.27 bits per heavy atom. The van der Waals surface area contributed by atoms with Crippen LogP contribution in [0.2, 0.25) is 0 Å². The van der Waals surface area contributed by atoms with Crippen molar-refractivity contribution in [3.8, 4) is 0 Å². The third-order valence-electron chi connectivity index (χ3n) is 1.67. The number of nitrogens with one attached hydrogen (secondary N) is 1. The summed E-state index contributed by atoms with van der Waals surface area (Å²) in [5.41, 5.74) is 2.84.